The van der Waals surface area contributed by atoms with Gasteiger partial charge in [-0.05, 0) is 29.8 Å². The van der Waals surface area contributed by atoms with Gasteiger partial charge in [-0.15, -0.1) is 0 Å². The third-order valence-electron chi connectivity index (χ3n) is 4.30. The summed E-state index contributed by atoms with van der Waals surface area (Å²) in [7, 11) is 0. The van der Waals surface area contributed by atoms with Gasteiger partial charge in [0.15, 0.2) is 0 Å². The average molecular weight is 314 g/mol. The normalized spacial score (nSPS) is 16.5. The van der Waals surface area contributed by atoms with Crippen LogP contribution in [-0.2, 0) is 0 Å². The summed E-state index contributed by atoms with van der Waals surface area (Å²) in [4.78, 5) is 4.84. The van der Waals surface area contributed by atoms with Crippen molar-refractivity contribution in [2.24, 2.45) is 4.99 Å². The first kappa shape index (κ1) is 14.5. The SMILES string of the molecule is Oc1ccccc1C1=Nc2ccccc2N[C@@H](c2ccccc2)C1. The Hall–Kier alpha value is -3.07. The zero-order valence-corrected chi connectivity index (χ0v) is 13.2. The summed E-state index contributed by atoms with van der Waals surface area (Å²) >= 11 is 0. The Morgan fingerprint density at radius 1 is 0.833 bits per heavy atom. The molecule has 0 amide bonds. The lowest BCUT2D eigenvalue weighted by molar-refractivity contribution is 0.474. The second kappa shape index (κ2) is 6.20. The number of para-hydroxylation sites is 3. The van der Waals surface area contributed by atoms with Crippen LogP contribution in [0.4, 0.5) is 11.4 Å². The lowest BCUT2D eigenvalue weighted by atomic mass is 9.97. The van der Waals surface area contributed by atoms with Crippen LogP contribution in [0.3, 0.4) is 0 Å². The lowest BCUT2D eigenvalue weighted by Crippen LogP contribution is -2.14. The second-order valence-corrected chi connectivity index (χ2v) is 5.90. The van der Waals surface area contributed by atoms with Gasteiger partial charge >= 0.3 is 0 Å². The molecule has 3 aromatic rings. The van der Waals surface area contributed by atoms with E-state index in [4.69, 9.17) is 4.99 Å². The molecule has 3 nitrogen and oxygen atoms in total. The summed E-state index contributed by atoms with van der Waals surface area (Å²) in [5, 5.41) is 13.9. The molecular formula is C21H18N2O. The van der Waals surface area contributed by atoms with E-state index < -0.39 is 0 Å². The maximum Gasteiger partial charge on any atom is 0.124 e. The van der Waals surface area contributed by atoms with Crippen LogP contribution in [0.25, 0.3) is 0 Å². The summed E-state index contributed by atoms with van der Waals surface area (Å²) in [5.74, 6) is 0.266. The number of hydrogen-bond donors (Lipinski definition) is 2. The molecule has 1 atom stereocenters. The van der Waals surface area contributed by atoms with E-state index in [1.165, 1.54) is 5.56 Å². The second-order valence-electron chi connectivity index (χ2n) is 5.90. The van der Waals surface area contributed by atoms with Crippen molar-refractivity contribution in [2.75, 3.05) is 5.32 Å². The number of aromatic hydroxyl groups is 1. The lowest BCUT2D eigenvalue weighted by Gasteiger charge is -2.19. The highest BCUT2D eigenvalue weighted by molar-refractivity contribution is 6.05. The number of nitrogens with zero attached hydrogens (tertiary/aromatic N) is 1. The van der Waals surface area contributed by atoms with Gasteiger partial charge in [0.1, 0.15) is 5.75 Å². The Kier molecular flexibility index (Phi) is 3.75. The smallest absolute Gasteiger partial charge is 0.124 e. The average Bonchev–Trinajstić information content (AvgIpc) is 2.82. The molecule has 0 unspecified atom stereocenters. The van der Waals surface area contributed by atoms with Gasteiger partial charge in [0.25, 0.3) is 0 Å². The van der Waals surface area contributed by atoms with E-state index in [2.05, 4.69) is 17.4 Å². The van der Waals surface area contributed by atoms with Gasteiger partial charge in [-0.25, -0.2) is 0 Å². The van der Waals surface area contributed by atoms with Gasteiger partial charge in [0, 0.05) is 12.0 Å². The Morgan fingerprint density at radius 2 is 1.54 bits per heavy atom. The van der Waals surface area contributed by atoms with Crippen LogP contribution in [0.5, 0.6) is 5.75 Å². The summed E-state index contributed by atoms with van der Waals surface area (Å²) in [6, 6.07) is 25.9. The summed E-state index contributed by atoms with van der Waals surface area (Å²) < 4.78 is 0. The molecule has 0 saturated heterocycles. The molecule has 0 bridgehead atoms. The third-order valence-corrected chi connectivity index (χ3v) is 4.30. The molecule has 1 aliphatic rings. The first-order valence-electron chi connectivity index (χ1n) is 8.08. The Balaban J connectivity index is 1.83. The molecule has 3 heteroatoms. The molecule has 2 N–H and O–H groups in total. The highest BCUT2D eigenvalue weighted by Crippen LogP contribution is 2.36. The van der Waals surface area contributed by atoms with Gasteiger partial charge in [0.2, 0.25) is 0 Å². The largest absolute Gasteiger partial charge is 0.507 e. The molecule has 118 valence electrons. The Morgan fingerprint density at radius 3 is 2.38 bits per heavy atom. The van der Waals surface area contributed by atoms with E-state index in [9.17, 15) is 5.11 Å². The molecular weight excluding hydrogens is 296 g/mol. The molecule has 1 heterocycles. The number of benzene rings is 3. The van der Waals surface area contributed by atoms with E-state index in [0.717, 1.165) is 22.6 Å². The predicted octanol–water partition coefficient (Wildman–Crippen LogP) is 5.07. The maximum absolute atomic E-state index is 10.3. The zero-order valence-electron chi connectivity index (χ0n) is 13.2. The number of aliphatic imine (C=N–C) groups is 1. The van der Waals surface area contributed by atoms with Crippen molar-refractivity contribution in [3.8, 4) is 5.75 Å². The molecule has 0 fully saturated rings. The molecule has 3 aromatic carbocycles. The summed E-state index contributed by atoms with van der Waals surface area (Å²) in [5.41, 5.74) is 4.79. The van der Waals surface area contributed by atoms with Gasteiger partial charge in [0.05, 0.1) is 23.1 Å². The van der Waals surface area contributed by atoms with Crippen molar-refractivity contribution >= 4 is 17.1 Å². The van der Waals surface area contributed by atoms with Crippen molar-refractivity contribution in [1.29, 1.82) is 0 Å². The Bertz CT molecular complexity index is 887. The minimum absolute atomic E-state index is 0.105. The van der Waals surface area contributed by atoms with E-state index in [1.54, 1.807) is 6.07 Å². The van der Waals surface area contributed by atoms with E-state index in [-0.39, 0.29) is 11.8 Å². The minimum Gasteiger partial charge on any atom is -0.507 e. The molecule has 0 spiro atoms. The third kappa shape index (κ3) is 2.76. The van der Waals surface area contributed by atoms with Crippen LogP contribution in [0, 0.1) is 0 Å². The van der Waals surface area contributed by atoms with Crippen molar-refractivity contribution in [1.82, 2.24) is 0 Å². The molecule has 1 aliphatic heterocycles. The van der Waals surface area contributed by atoms with Gasteiger partial charge in [-0.3, -0.25) is 4.99 Å². The Labute approximate surface area is 141 Å². The number of rotatable bonds is 2. The van der Waals surface area contributed by atoms with E-state index >= 15 is 0 Å². The molecule has 0 radical (unpaired) electrons. The number of fused-ring (bicyclic) bond motifs is 1. The first-order chi connectivity index (χ1) is 11.8. The highest BCUT2D eigenvalue weighted by Gasteiger charge is 2.22. The molecule has 0 saturated carbocycles. The maximum atomic E-state index is 10.3. The van der Waals surface area contributed by atoms with Gasteiger partial charge < -0.3 is 10.4 Å². The summed E-state index contributed by atoms with van der Waals surface area (Å²) in [6.07, 6.45) is 0.705. The van der Waals surface area contributed by atoms with Crippen LogP contribution in [0.2, 0.25) is 0 Å². The summed E-state index contributed by atoms with van der Waals surface area (Å²) in [6.45, 7) is 0. The quantitative estimate of drug-likeness (QED) is 0.693. The standard InChI is InChI=1S/C21H18N2O/c24-21-13-7-4-10-16(21)20-14-19(15-8-2-1-3-9-15)22-17-11-5-6-12-18(17)23-20/h1-13,19,22,24H,14H2/t19-/m1/s1. The zero-order chi connectivity index (χ0) is 16.4. The van der Waals surface area contributed by atoms with Crippen LogP contribution in [-0.4, -0.2) is 10.8 Å². The number of phenols is 1. The van der Waals surface area contributed by atoms with Crippen LogP contribution in [0.15, 0.2) is 83.9 Å². The van der Waals surface area contributed by atoms with Gasteiger partial charge in [-0.1, -0.05) is 54.6 Å². The molecule has 24 heavy (non-hydrogen) atoms. The predicted molar refractivity (Wildman–Crippen MR) is 98.2 cm³/mol. The fourth-order valence-electron chi connectivity index (χ4n) is 3.09. The van der Waals surface area contributed by atoms with Crippen molar-refractivity contribution in [3.05, 3.63) is 90.0 Å². The minimum atomic E-state index is 0.105. The molecule has 0 aromatic heterocycles. The van der Waals surface area contributed by atoms with Crippen molar-refractivity contribution in [3.63, 3.8) is 0 Å². The van der Waals surface area contributed by atoms with Crippen molar-refractivity contribution in [2.45, 2.75) is 12.5 Å². The number of phenolic OH excluding ortho intramolecular Hbond substituents is 1. The number of anilines is 1. The fourth-order valence-corrected chi connectivity index (χ4v) is 3.09. The highest BCUT2D eigenvalue weighted by atomic mass is 16.3. The monoisotopic (exact) mass is 314 g/mol. The number of nitrogens with one attached hydrogen (secondary N) is 1. The number of hydrogen-bond acceptors (Lipinski definition) is 3. The topological polar surface area (TPSA) is 44.6 Å². The fraction of sp³-hybridized carbons (Fsp3) is 0.0952. The first-order valence-corrected chi connectivity index (χ1v) is 8.08. The van der Waals surface area contributed by atoms with E-state index in [0.29, 0.717) is 6.42 Å². The van der Waals surface area contributed by atoms with Crippen LogP contribution >= 0.6 is 0 Å². The molecule has 0 aliphatic carbocycles. The van der Waals surface area contributed by atoms with E-state index in [1.807, 2.05) is 60.7 Å². The van der Waals surface area contributed by atoms with Crippen molar-refractivity contribution < 1.29 is 5.11 Å². The van der Waals surface area contributed by atoms with Crippen LogP contribution in [0.1, 0.15) is 23.6 Å². The molecule has 4 rings (SSSR count). The van der Waals surface area contributed by atoms with Gasteiger partial charge in [-0.2, -0.15) is 0 Å². The van der Waals surface area contributed by atoms with Crippen LogP contribution < -0.4 is 5.32 Å².